The lowest BCUT2D eigenvalue weighted by atomic mass is 9.77. The summed E-state index contributed by atoms with van der Waals surface area (Å²) in [7, 11) is 1.47. The van der Waals surface area contributed by atoms with Crippen LogP contribution in [0.2, 0.25) is 0 Å². The van der Waals surface area contributed by atoms with Gasteiger partial charge in [0.15, 0.2) is 0 Å². The number of ether oxygens (including phenoxy) is 1. The lowest BCUT2D eigenvalue weighted by Gasteiger charge is -2.33. The largest absolute Gasteiger partial charge is 0.469 e. The van der Waals surface area contributed by atoms with E-state index in [-0.39, 0.29) is 5.97 Å². The summed E-state index contributed by atoms with van der Waals surface area (Å²) in [4.78, 5) is 11.4. The first kappa shape index (κ1) is 13.5. The van der Waals surface area contributed by atoms with Gasteiger partial charge < -0.3 is 10.1 Å². The molecule has 1 fully saturated rings. The molecule has 0 aromatic carbocycles. The molecule has 0 aromatic rings. The molecule has 0 radical (unpaired) electrons. The summed E-state index contributed by atoms with van der Waals surface area (Å²) in [6.07, 6.45) is 5.65. The van der Waals surface area contributed by atoms with E-state index >= 15 is 0 Å². The van der Waals surface area contributed by atoms with Crippen molar-refractivity contribution in [3.05, 3.63) is 0 Å². The van der Waals surface area contributed by atoms with Gasteiger partial charge >= 0.3 is 5.97 Å². The van der Waals surface area contributed by atoms with Crippen molar-refractivity contribution in [3.63, 3.8) is 0 Å². The lowest BCUT2D eigenvalue weighted by Crippen LogP contribution is -2.40. The highest BCUT2D eigenvalue weighted by Gasteiger charge is 2.27. The third-order valence-electron chi connectivity index (χ3n) is 3.63. The highest BCUT2D eigenvalue weighted by Crippen LogP contribution is 2.31. The Balaban J connectivity index is 2.50. The molecule has 0 aromatic heterocycles. The van der Waals surface area contributed by atoms with E-state index in [1.165, 1.54) is 32.8 Å². The van der Waals surface area contributed by atoms with Crippen molar-refractivity contribution in [2.45, 2.75) is 52.0 Å². The highest BCUT2D eigenvalue weighted by molar-refractivity contribution is 5.69. The van der Waals surface area contributed by atoms with Gasteiger partial charge in [-0.1, -0.05) is 26.7 Å². The van der Waals surface area contributed by atoms with Gasteiger partial charge in [0.05, 0.1) is 13.5 Å². The van der Waals surface area contributed by atoms with Gasteiger partial charge in [-0.05, 0) is 31.2 Å². The second-order valence-corrected chi connectivity index (χ2v) is 4.98. The first-order valence-corrected chi connectivity index (χ1v) is 6.47. The van der Waals surface area contributed by atoms with Gasteiger partial charge in [0.25, 0.3) is 0 Å². The van der Waals surface area contributed by atoms with Crippen LogP contribution < -0.4 is 5.32 Å². The van der Waals surface area contributed by atoms with Crippen molar-refractivity contribution >= 4 is 5.97 Å². The molecule has 0 spiro atoms. The predicted octanol–water partition coefficient (Wildman–Crippen LogP) is 2.35. The van der Waals surface area contributed by atoms with Crippen LogP contribution in [0.15, 0.2) is 0 Å². The molecule has 1 N–H and O–H groups in total. The highest BCUT2D eigenvalue weighted by atomic mass is 16.5. The molecule has 0 aliphatic heterocycles. The topological polar surface area (TPSA) is 38.3 Å². The summed E-state index contributed by atoms with van der Waals surface area (Å²) in [5.41, 5.74) is 0. The molecule has 0 amide bonds. The van der Waals surface area contributed by atoms with Crippen LogP contribution >= 0.6 is 0 Å². The zero-order valence-corrected chi connectivity index (χ0v) is 10.8. The minimum atomic E-state index is -0.0934. The third kappa shape index (κ3) is 4.12. The quantitative estimate of drug-likeness (QED) is 0.733. The number of hydrogen-bond donors (Lipinski definition) is 1. The normalized spacial score (nSPS) is 27.4. The van der Waals surface area contributed by atoms with E-state index in [0.29, 0.717) is 18.4 Å². The molecule has 1 aliphatic rings. The van der Waals surface area contributed by atoms with Gasteiger partial charge in [0.2, 0.25) is 0 Å². The second-order valence-electron chi connectivity index (χ2n) is 4.98. The number of nitrogens with one attached hydrogen (secondary N) is 1. The minimum absolute atomic E-state index is 0.0934. The van der Waals surface area contributed by atoms with E-state index in [1.807, 2.05) is 0 Å². The Hall–Kier alpha value is -0.570. The summed E-state index contributed by atoms with van der Waals surface area (Å²) >= 11 is 0. The number of methoxy groups -OCH3 is 1. The van der Waals surface area contributed by atoms with Gasteiger partial charge in [-0.3, -0.25) is 4.79 Å². The number of carbonyl (C=O) groups excluding carboxylic acids is 1. The zero-order chi connectivity index (χ0) is 12.0. The predicted molar refractivity (Wildman–Crippen MR) is 65.2 cm³/mol. The molecule has 3 unspecified atom stereocenters. The molecular weight excluding hydrogens is 202 g/mol. The van der Waals surface area contributed by atoms with E-state index in [1.54, 1.807) is 0 Å². The van der Waals surface area contributed by atoms with E-state index in [0.717, 1.165) is 12.5 Å². The maximum atomic E-state index is 11.4. The van der Waals surface area contributed by atoms with Crippen LogP contribution in [0.1, 0.15) is 46.0 Å². The zero-order valence-electron chi connectivity index (χ0n) is 10.8. The van der Waals surface area contributed by atoms with Crippen LogP contribution in [-0.4, -0.2) is 25.7 Å². The number of carbonyl (C=O) groups is 1. The Kier molecular flexibility index (Phi) is 5.81. The fourth-order valence-electron chi connectivity index (χ4n) is 2.78. The maximum Gasteiger partial charge on any atom is 0.307 e. The fourth-order valence-corrected chi connectivity index (χ4v) is 2.78. The SMILES string of the molecule is CCNC(CC(=O)OC)C1CCCC(C)C1. The van der Waals surface area contributed by atoms with E-state index in [4.69, 9.17) is 4.74 Å². The molecule has 1 saturated carbocycles. The van der Waals surface area contributed by atoms with Crippen LogP contribution in [0.3, 0.4) is 0 Å². The standard InChI is InChI=1S/C13H25NO2/c1-4-14-12(9-13(15)16-3)11-7-5-6-10(2)8-11/h10-12,14H,4-9H2,1-3H3. The van der Waals surface area contributed by atoms with Gasteiger partial charge in [-0.2, -0.15) is 0 Å². The van der Waals surface area contributed by atoms with Crippen LogP contribution in [-0.2, 0) is 9.53 Å². The van der Waals surface area contributed by atoms with E-state index in [9.17, 15) is 4.79 Å². The lowest BCUT2D eigenvalue weighted by molar-refractivity contribution is -0.141. The van der Waals surface area contributed by atoms with Crippen LogP contribution in [0, 0.1) is 11.8 Å². The average Bonchev–Trinajstić information content (AvgIpc) is 2.28. The molecule has 0 saturated heterocycles. The summed E-state index contributed by atoms with van der Waals surface area (Å²) in [5.74, 6) is 1.35. The number of rotatable bonds is 5. The Morgan fingerprint density at radius 2 is 2.25 bits per heavy atom. The first-order valence-electron chi connectivity index (χ1n) is 6.47. The minimum Gasteiger partial charge on any atom is -0.469 e. The van der Waals surface area contributed by atoms with Gasteiger partial charge in [0, 0.05) is 6.04 Å². The molecule has 16 heavy (non-hydrogen) atoms. The van der Waals surface area contributed by atoms with Crippen molar-refractivity contribution in [2.24, 2.45) is 11.8 Å². The van der Waals surface area contributed by atoms with Crippen molar-refractivity contribution < 1.29 is 9.53 Å². The third-order valence-corrected chi connectivity index (χ3v) is 3.63. The molecule has 3 atom stereocenters. The van der Waals surface area contributed by atoms with Gasteiger partial charge in [0.1, 0.15) is 0 Å². The second kappa shape index (κ2) is 6.89. The molecule has 1 aliphatic carbocycles. The summed E-state index contributed by atoms with van der Waals surface area (Å²) in [6, 6.07) is 0.306. The van der Waals surface area contributed by atoms with Crippen molar-refractivity contribution in [3.8, 4) is 0 Å². The molecule has 0 heterocycles. The van der Waals surface area contributed by atoms with E-state index in [2.05, 4.69) is 19.2 Å². The van der Waals surface area contributed by atoms with Crippen molar-refractivity contribution in [2.75, 3.05) is 13.7 Å². The Morgan fingerprint density at radius 1 is 1.50 bits per heavy atom. The Labute approximate surface area is 98.9 Å². The fraction of sp³-hybridized carbons (Fsp3) is 0.923. The maximum absolute atomic E-state index is 11.4. The van der Waals surface area contributed by atoms with Crippen LogP contribution in [0.4, 0.5) is 0 Å². The van der Waals surface area contributed by atoms with Crippen LogP contribution in [0.25, 0.3) is 0 Å². The molecule has 0 bridgehead atoms. The summed E-state index contributed by atoms with van der Waals surface area (Å²) in [6.45, 7) is 5.33. The first-order chi connectivity index (χ1) is 7.67. The summed E-state index contributed by atoms with van der Waals surface area (Å²) in [5, 5.41) is 3.44. The van der Waals surface area contributed by atoms with E-state index < -0.39 is 0 Å². The monoisotopic (exact) mass is 227 g/mol. The van der Waals surface area contributed by atoms with Crippen molar-refractivity contribution in [1.82, 2.24) is 5.32 Å². The molecule has 1 rings (SSSR count). The molecule has 3 heteroatoms. The van der Waals surface area contributed by atoms with Crippen molar-refractivity contribution in [1.29, 1.82) is 0 Å². The number of hydrogen-bond acceptors (Lipinski definition) is 3. The van der Waals surface area contributed by atoms with Crippen LogP contribution in [0.5, 0.6) is 0 Å². The molecule has 94 valence electrons. The summed E-state index contributed by atoms with van der Waals surface area (Å²) < 4.78 is 4.77. The molecule has 3 nitrogen and oxygen atoms in total. The van der Waals surface area contributed by atoms with Gasteiger partial charge in [-0.25, -0.2) is 0 Å². The average molecular weight is 227 g/mol. The molecular formula is C13H25NO2. The smallest absolute Gasteiger partial charge is 0.307 e. The Morgan fingerprint density at radius 3 is 2.81 bits per heavy atom. The number of esters is 1. The van der Waals surface area contributed by atoms with Gasteiger partial charge in [-0.15, -0.1) is 0 Å². The Bertz CT molecular complexity index is 218.